The second-order valence-corrected chi connectivity index (χ2v) is 6.78. The number of hydrogen-bond donors (Lipinski definition) is 2. The molecule has 0 aliphatic heterocycles. The average Bonchev–Trinajstić information content (AvgIpc) is 3.32. The Labute approximate surface area is 137 Å². The largest absolute Gasteiger partial charge is 0.276 e. The van der Waals surface area contributed by atoms with Gasteiger partial charge in [0.05, 0.1) is 21.1 Å². The molecule has 124 valence electrons. The Morgan fingerprint density at radius 1 is 1.38 bits per heavy atom. The minimum atomic E-state index is -3.91. The van der Waals surface area contributed by atoms with Gasteiger partial charge in [-0.2, -0.15) is 15.6 Å². The van der Waals surface area contributed by atoms with Crippen LogP contribution in [0.25, 0.3) is 0 Å². The van der Waals surface area contributed by atoms with Gasteiger partial charge in [0, 0.05) is 12.1 Å². The highest BCUT2D eigenvalue weighted by Crippen LogP contribution is 2.31. The first-order chi connectivity index (χ1) is 11.3. The highest BCUT2D eigenvalue weighted by molar-refractivity contribution is 7.89. The van der Waals surface area contributed by atoms with Crippen molar-refractivity contribution >= 4 is 27.1 Å². The quantitative estimate of drug-likeness (QED) is 0.442. The van der Waals surface area contributed by atoms with Crippen LogP contribution in [0.3, 0.4) is 0 Å². The molecule has 0 radical (unpaired) electrons. The highest BCUT2D eigenvalue weighted by Gasteiger charge is 2.30. The lowest BCUT2D eigenvalue weighted by atomic mass is 10.1. The second-order valence-electron chi connectivity index (χ2n) is 5.06. The zero-order chi connectivity index (χ0) is 17.9. The number of anilines is 1. The highest BCUT2D eigenvalue weighted by atomic mass is 32.2. The molecule has 10 nitrogen and oxygen atoms in total. The Kier molecular flexibility index (Phi) is 4.78. The fourth-order valence-corrected chi connectivity index (χ4v) is 3.16. The molecular weight excluding hydrogens is 336 g/mol. The third-order valence-electron chi connectivity index (χ3n) is 3.26. The van der Waals surface area contributed by atoms with Crippen molar-refractivity contribution in [3.05, 3.63) is 27.8 Å². The molecular formula is C13H12N6O4S. The molecule has 2 N–H and O–H groups in total. The number of rotatable bonds is 6. The van der Waals surface area contributed by atoms with Gasteiger partial charge in [-0.3, -0.25) is 15.5 Å². The van der Waals surface area contributed by atoms with Crippen LogP contribution in [0.1, 0.15) is 18.4 Å². The van der Waals surface area contributed by atoms with Crippen LogP contribution < -0.4 is 10.1 Å². The fraction of sp³-hybridized carbons (Fsp3) is 0.308. The van der Waals surface area contributed by atoms with Crippen molar-refractivity contribution < 1.29 is 13.3 Å². The van der Waals surface area contributed by atoms with Gasteiger partial charge in [-0.25, -0.2) is 13.1 Å². The van der Waals surface area contributed by atoms with Crippen LogP contribution in [0.4, 0.5) is 11.4 Å². The molecule has 11 heteroatoms. The van der Waals surface area contributed by atoms with E-state index in [1.54, 1.807) is 0 Å². The molecule has 0 bridgehead atoms. The van der Waals surface area contributed by atoms with Crippen LogP contribution in [-0.2, 0) is 10.0 Å². The number of hydrogen-bond acceptors (Lipinski definition) is 8. The molecule has 1 aliphatic rings. The maximum absolute atomic E-state index is 12.3. The summed E-state index contributed by atoms with van der Waals surface area (Å²) in [5.41, 5.74) is 1.57. The predicted molar refractivity (Wildman–Crippen MR) is 83.5 cm³/mol. The van der Waals surface area contributed by atoms with Crippen LogP contribution in [-0.4, -0.2) is 25.1 Å². The van der Waals surface area contributed by atoms with Crippen LogP contribution >= 0.6 is 0 Å². The summed E-state index contributed by atoms with van der Waals surface area (Å²) in [7, 11) is -3.91. The van der Waals surface area contributed by atoms with Crippen molar-refractivity contribution in [2.75, 3.05) is 5.43 Å². The molecule has 0 spiro atoms. The molecule has 0 heterocycles. The molecule has 1 aliphatic carbocycles. The molecule has 0 amide bonds. The summed E-state index contributed by atoms with van der Waals surface area (Å²) in [6, 6.07) is 5.01. The number of hydrazone groups is 1. The molecule has 0 atom stereocenters. The zero-order valence-electron chi connectivity index (χ0n) is 12.5. The average molecular weight is 348 g/mol. The van der Waals surface area contributed by atoms with E-state index in [0.29, 0.717) is 0 Å². The first-order valence-electron chi connectivity index (χ1n) is 6.73. The Morgan fingerprint density at radius 2 is 2.00 bits per heavy atom. The van der Waals surface area contributed by atoms with E-state index in [-0.39, 0.29) is 22.2 Å². The Balaban J connectivity index is 2.50. The van der Waals surface area contributed by atoms with Gasteiger partial charge >= 0.3 is 0 Å². The van der Waals surface area contributed by atoms with Crippen LogP contribution in [0.2, 0.25) is 0 Å². The van der Waals surface area contributed by atoms with Crippen LogP contribution in [0.15, 0.2) is 22.1 Å². The van der Waals surface area contributed by atoms with Gasteiger partial charge in [-0.15, -0.1) is 0 Å². The van der Waals surface area contributed by atoms with Gasteiger partial charge in [0.15, 0.2) is 0 Å². The van der Waals surface area contributed by atoms with E-state index < -0.39 is 26.3 Å². The summed E-state index contributed by atoms with van der Waals surface area (Å²) >= 11 is 0. The lowest BCUT2D eigenvalue weighted by Gasteiger charge is -2.10. The third-order valence-corrected chi connectivity index (χ3v) is 4.76. The number of benzene rings is 1. The molecule has 24 heavy (non-hydrogen) atoms. The van der Waals surface area contributed by atoms with Crippen LogP contribution in [0, 0.1) is 39.7 Å². The molecule has 1 saturated carbocycles. The Bertz CT molecular complexity index is 890. The fourth-order valence-electron chi connectivity index (χ4n) is 1.81. The smallest absolute Gasteiger partial charge is 0.275 e. The summed E-state index contributed by atoms with van der Waals surface area (Å²) in [5, 5.41) is 32.0. The number of nitro benzene ring substituents is 1. The Morgan fingerprint density at radius 3 is 2.50 bits per heavy atom. The summed E-state index contributed by atoms with van der Waals surface area (Å²) < 4.78 is 27.0. The maximum Gasteiger partial charge on any atom is 0.275 e. The first-order valence-corrected chi connectivity index (χ1v) is 8.22. The third kappa shape index (κ3) is 3.84. The number of nitrogens with one attached hydrogen (secondary N) is 2. The molecule has 1 aromatic rings. The van der Waals surface area contributed by atoms with Crippen molar-refractivity contribution in [2.24, 2.45) is 5.10 Å². The molecule has 0 unspecified atom stereocenters. The van der Waals surface area contributed by atoms with Gasteiger partial charge in [-0.1, -0.05) is 0 Å². The number of nitriles is 2. The number of sulfonamides is 1. The predicted octanol–water partition coefficient (Wildman–Crippen LogP) is 1.16. The molecule has 0 saturated heterocycles. The second kappa shape index (κ2) is 6.62. The van der Waals surface area contributed by atoms with Crippen molar-refractivity contribution in [3.63, 3.8) is 0 Å². The van der Waals surface area contributed by atoms with Crippen molar-refractivity contribution in [1.29, 1.82) is 10.5 Å². The van der Waals surface area contributed by atoms with Gasteiger partial charge in [0.25, 0.3) is 5.69 Å². The molecule has 2 rings (SSSR count). The van der Waals surface area contributed by atoms with Gasteiger partial charge in [-0.05, 0) is 25.8 Å². The molecule has 1 aromatic carbocycles. The topological polar surface area (TPSA) is 161 Å². The number of nitrogens with zero attached hydrogens (tertiary/aromatic N) is 4. The lowest BCUT2D eigenvalue weighted by molar-refractivity contribution is -0.385. The lowest BCUT2D eigenvalue weighted by Crippen LogP contribution is -2.26. The monoisotopic (exact) mass is 348 g/mol. The SMILES string of the molecule is Cc1c(NN=C(C#N)C#N)cc(S(=O)(=O)NC2CC2)cc1[N+](=O)[O-]. The zero-order valence-corrected chi connectivity index (χ0v) is 13.3. The summed E-state index contributed by atoms with van der Waals surface area (Å²) in [5.74, 6) is 0. The molecule has 1 fully saturated rings. The summed E-state index contributed by atoms with van der Waals surface area (Å²) in [6.07, 6.45) is 1.44. The van der Waals surface area contributed by atoms with Crippen molar-refractivity contribution in [2.45, 2.75) is 30.7 Å². The van der Waals surface area contributed by atoms with E-state index in [2.05, 4.69) is 15.2 Å². The van der Waals surface area contributed by atoms with Crippen LogP contribution in [0.5, 0.6) is 0 Å². The van der Waals surface area contributed by atoms with Gasteiger partial charge in [0.1, 0.15) is 12.1 Å². The maximum atomic E-state index is 12.3. The van der Waals surface area contributed by atoms with E-state index in [1.165, 1.54) is 25.1 Å². The first kappa shape index (κ1) is 17.3. The van der Waals surface area contributed by atoms with E-state index in [9.17, 15) is 18.5 Å². The van der Waals surface area contributed by atoms with E-state index in [0.717, 1.165) is 18.9 Å². The van der Waals surface area contributed by atoms with E-state index in [1.807, 2.05) is 0 Å². The van der Waals surface area contributed by atoms with E-state index in [4.69, 9.17) is 10.5 Å². The normalized spacial score (nSPS) is 13.5. The standard InChI is InChI=1S/C13H12N6O4S/c1-8-12(17-16-10(6-14)7-15)4-11(5-13(8)19(20)21)24(22,23)18-9-2-3-9/h4-5,9,17-18H,2-3H2,1H3. The van der Waals surface area contributed by atoms with Crippen molar-refractivity contribution in [3.8, 4) is 12.1 Å². The summed E-state index contributed by atoms with van der Waals surface area (Å²) in [6.45, 7) is 1.40. The van der Waals surface area contributed by atoms with Gasteiger partial charge in [0.2, 0.25) is 15.7 Å². The molecule has 0 aromatic heterocycles. The van der Waals surface area contributed by atoms with E-state index >= 15 is 0 Å². The van der Waals surface area contributed by atoms with Gasteiger partial charge < -0.3 is 0 Å². The number of nitro groups is 1. The minimum absolute atomic E-state index is 0.0170. The Hall–Kier alpha value is -3.02. The minimum Gasteiger partial charge on any atom is -0.276 e. The van der Waals surface area contributed by atoms with Crippen molar-refractivity contribution in [1.82, 2.24) is 4.72 Å². The summed E-state index contributed by atoms with van der Waals surface area (Å²) in [4.78, 5) is 10.2.